The fourth-order valence-corrected chi connectivity index (χ4v) is 5.46. The molecular formula is C41H33N3O11S. The van der Waals surface area contributed by atoms with Gasteiger partial charge in [-0.3, -0.25) is 4.79 Å². The summed E-state index contributed by atoms with van der Waals surface area (Å²) in [6.07, 6.45) is 4.60. The summed E-state index contributed by atoms with van der Waals surface area (Å²) in [5.41, 5.74) is 1.33. The summed E-state index contributed by atoms with van der Waals surface area (Å²) in [7, 11) is 0. The summed E-state index contributed by atoms with van der Waals surface area (Å²) in [6, 6.07) is 23.8. The minimum absolute atomic E-state index is 0.0527. The summed E-state index contributed by atoms with van der Waals surface area (Å²) in [5, 5.41) is 6.62. The molecule has 56 heavy (non-hydrogen) atoms. The number of fused-ring (bicyclic) bond motifs is 1. The molecule has 0 fully saturated rings. The fourth-order valence-electron chi connectivity index (χ4n) is 4.51. The van der Waals surface area contributed by atoms with E-state index in [1.54, 1.807) is 0 Å². The standard InChI is InChI=1S/C41H33N3O11S/c1-4-30(45)25-51-31-15-11-28(12-16-31)40(49)55-35-20-19-33(54-39(48)27-13-17-32(18-14-27)52-26-53-38(47)6-3)23-29(35)24-42-44(21-22-50-37(46)5-2)41-43-34-9-7-8-10-36(34)56-41/h4-20,23-24H,1-3,21-22,25-26H2/b42-24+. The normalized spacial score (nSPS) is 10.6. The van der Waals surface area contributed by atoms with Crippen LogP contribution in [-0.2, 0) is 23.9 Å². The number of benzene rings is 4. The molecule has 5 rings (SSSR count). The first-order chi connectivity index (χ1) is 27.1. The quantitative estimate of drug-likeness (QED) is 0.0223. The number of carbonyl (C=O) groups excluding carboxylic acids is 5. The lowest BCUT2D eigenvalue weighted by molar-refractivity contribution is -0.144. The van der Waals surface area contributed by atoms with Gasteiger partial charge in [0.15, 0.2) is 12.4 Å². The Kier molecular flexibility index (Phi) is 13.9. The van der Waals surface area contributed by atoms with Gasteiger partial charge in [0.25, 0.3) is 0 Å². The Morgan fingerprint density at radius 2 is 1.34 bits per heavy atom. The maximum absolute atomic E-state index is 13.3. The van der Waals surface area contributed by atoms with Crippen LogP contribution >= 0.6 is 11.3 Å². The Morgan fingerprint density at radius 3 is 2.00 bits per heavy atom. The van der Waals surface area contributed by atoms with Crippen molar-refractivity contribution in [2.75, 3.05) is 31.6 Å². The molecule has 0 atom stereocenters. The van der Waals surface area contributed by atoms with Gasteiger partial charge in [-0.05, 0) is 84.9 Å². The van der Waals surface area contributed by atoms with Crippen LogP contribution in [-0.4, -0.2) is 67.4 Å². The largest absolute Gasteiger partial charge is 0.485 e. The van der Waals surface area contributed by atoms with Gasteiger partial charge >= 0.3 is 23.9 Å². The Bertz CT molecular complexity index is 2250. The number of hydrazone groups is 1. The van der Waals surface area contributed by atoms with Gasteiger partial charge in [0.05, 0.1) is 34.1 Å². The van der Waals surface area contributed by atoms with E-state index in [1.807, 2.05) is 24.3 Å². The summed E-state index contributed by atoms with van der Waals surface area (Å²) in [4.78, 5) is 65.6. The average molecular weight is 776 g/mol. The number of esters is 4. The van der Waals surface area contributed by atoms with Crippen molar-refractivity contribution in [2.24, 2.45) is 5.10 Å². The zero-order valence-corrected chi connectivity index (χ0v) is 30.5. The van der Waals surface area contributed by atoms with E-state index in [2.05, 4.69) is 29.8 Å². The van der Waals surface area contributed by atoms with Crippen molar-refractivity contribution < 1.29 is 52.4 Å². The number of anilines is 1. The van der Waals surface area contributed by atoms with E-state index in [9.17, 15) is 24.0 Å². The molecule has 14 nitrogen and oxygen atoms in total. The number of ketones is 1. The number of rotatable bonds is 19. The van der Waals surface area contributed by atoms with Gasteiger partial charge in [0.2, 0.25) is 11.9 Å². The SMILES string of the molecule is C=CC(=O)COc1ccc(C(=O)Oc2ccc(OC(=O)c3ccc(OCOC(=O)C=C)cc3)cc2/C=N/N(CCOC(=O)C=C)c2nc3ccccc3s2)cc1. The van der Waals surface area contributed by atoms with E-state index < -0.39 is 23.9 Å². The van der Waals surface area contributed by atoms with E-state index in [1.165, 1.54) is 89.3 Å². The Hall–Kier alpha value is -7.39. The molecule has 4 aromatic carbocycles. The number of hydrogen-bond donors (Lipinski definition) is 0. The second-order valence-corrected chi connectivity index (χ2v) is 12.1. The minimum Gasteiger partial charge on any atom is -0.485 e. The van der Waals surface area contributed by atoms with Crippen LogP contribution in [0.15, 0.2) is 134 Å². The van der Waals surface area contributed by atoms with Crippen LogP contribution in [0.4, 0.5) is 5.13 Å². The van der Waals surface area contributed by atoms with Gasteiger partial charge in [0.1, 0.15) is 29.6 Å². The maximum Gasteiger partial charge on any atom is 0.343 e. The molecule has 0 bridgehead atoms. The molecule has 0 aliphatic heterocycles. The maximum atomic E-state index is 13.3. The Labute approximate surface area is 324 Å². The predicted octanol–water partition coefficient (Wildman–Crippen LogP) is 6.50. The molecule has 284 valence electrons. The molecule has 0 radical (unpaired) electrons. The molecule has 0 aliphatic rings. The van der Waals surface area contributed by atoms with Gasteiger partial charge in [-0.2, -0.15) is 5.10 Å². The topological polar surface area (TPSA) is 169 Å². The van der Waals surface area contributed by atoms with Crippen molar-refractivity contribution in [3.63, 3.8) is 0 Å². The van der Waals surface area contributed by atoms with Crippen molar-refractivity contribution in [2.45, 2.75) is 0 Å². The molecule has 0 amide bonds. The number of para-hydroxylation sites is 1. The second-order valence-electron chi connectivity index (χ2n) is 11.1. The highest BCUT2D eigenvalue weighted by molar-refractivity contribution is 7.22. The van der Waals surface area contributed by atoms with E-state index in [0.717, 1.165) is 28.4 Å². The molecule has 5 aromatic rings. The van der Waals surface area contributed by atoms with E-state index in [0.29, 0.717) is 16.6 Å². The third-order valence-corrected chi connectivity index (χ3v) is 8.38. The van der Waals surface area contributed by atoms with Crippen LogP contribution in [0, 0.1) is 0 Å². The van der Waals surface area contributed by atoms with Gasteiger partial charge in [-0.1, -0.05) is 43.2 Å². The summed E-state index contributed by atoms with van der Waals surface area (Å²) < 4.78 is 33.0. The molecule has 1 heterocycles. The molecule has 15 heteroatoms. The highest BCUT2D eigenvalue weighted by Crippen LogP contribution is 2.30. The molecule has 1 aromatic heterocycles. The molecule has 0 unspecified atom stereocenters. The van der Waals surface area contributed by atoms with Gasteiger partial charge in [-0.15, -0.1) is 0 Å². The van der Waals surface area contributed by atoms with Crippen LogP contribution in [0.5, 0.6) is 23.0 Å². The second kappa shape index (κ2) is 19.6. The van der Waals surface area contributed by atoms with Crippen molar-refractivity contribution >= 4 is 62.6 Å². The van der Waals surface area contributed by atoms with Crippen molar-refractivity contribution in [3.8, 4) is 23.0 Å². The predicted molar refractivity (Wildman–Crippen MR) is 207 cm³/mol. The number of carbonyl (C=O) groups is 5. The van der Waals surface area contributed by atoms with Crippen molar-refractivity contribution in [3.05, 3.63) is 146 Å². The van der Waals surface area contributed by atoms with E-state index in [4.69, 9.17) is 28.4 Å². The molecule has 0 saturated carbocycles. The third-order valence-electron chi connectivity index (χ3n) is 7.33. The van der Waals surface area contributed by atoms with Crippen molar-refractivity contribution in [1.29, 1.82) is 0 Å². The molecule has 0 aliphatic carbocycles. The first kappa shape index (κ1) is 39.8. The summed E-state index contributed by atoms with van der Waals surface area (Å²) in [5.74, 6) is -2.13. The van der Waals surface area contributed by atoms with E-state index >= 15 is 0 Å². The zero-order chi connectivity index (χ0) is 39.9. The molecule has 0 N–H and O–H groups in total. The molecule has 0 saturated heterocycles. The van der Waals surface area contributed by atoms with Gasteiger partial charge < -0.3 is 28.4 Å². The van der Waals surface area contributed by atoms with Crippen molar-refractivity contribution in [1.82, 2.24) is 4.98 Å². The van der Waals surface area contributed by atoms with Crippen LogP contribution in [0.25, 0.3) is 10.2 Å². The van der Waals surface area contributed by atoms with E-state index in [-0.39, 0.29) is 60.5 Å². The first-order valence-corrected chi connectivity index (χ1v) is 17.4. The number of aromatic nitrogens is 1. The number of nitrogens with zero attached hydrogens (tertiary/aromatic N) is 3. The number of thiazole rings is 1. The summed E-state index contributed by atoms with van der Waals surface area (Å²) in [6.45, 7) is 9.64. The third kappa shape index (κ3) is 11.3. The zero-order valence-electron chi connectivity index (χ0n) is 29.7. The number of ether oxygens (including phenoxy) is 6. The van der Waals surface area contributed by atoms with Crippen LogP contribution in [0.3, 0.4) is 0 Å². The smallest absolute Gasteiger partial charge is 0.343 e. The van der Waals surface area contributed by atoms with Crippen LogP contribution < -0.4 is 24.0 Å². The molecular weight excluding hydrogens is 743 g/mol. The Morgan fingerprint density at radius 1 is 0.714 bits per heavy atom. The molecule has 0 spiro atoms. The van der Waals surface area contributed by atoms with Crippen LogP contribution in [0.1, 0.15) is 26.3 Å². The highest BCUT2D eigenvalue weighted by Gasteiger charge is 2.17. The fraction of sp³-hybridized carbons (Fsp3) is 0.0976. The minimum atomic E-state index is -0.723. The van der Waals surface area contributed by atoms with Gasteiger partial charge in [-0.25, -0.2) is 29.2 Å². The lowest BCUT2D eigenvalue weighted by Gasteiger charge is -2.16. The monoisotopic (exact) mass is 775 g/mol. The lowest BCUT2D eigenvalue weighted by atomic mass is 10.2. The lowest BCUT2D eigenvalue weighted by Crippen LogP contribution is -2.23. The highest BCUT2D eigenvalue weighted by atomic mass is 32.1. The Balaban J connectivity index is 1.40. The number of hydrogen-bond acceptors (Lipinski definition) is 15. The van der Waals surface area contributed by atoms with Gasteiger partial charge in [0, 0.05) is 17.7 Å². The van der Waals surface area contributed by atoms with Crippen LogP contribution in [0.2, 0.25) is 0 Å². The first-order valence-electron chi connectivity index (χ1n) is 16.6. The average Bonchev–Trinajstić information content (AvgIpc) is 3.66. The summed E-state index contributed by atoms with van der Waals surface area (Å²) >= 11 is 1.36.